The van der Waals surface area contributed by atoms with Gasteiger partial charge in [-0.1, -0.05) is 52.7 Å². The number of hydrogen-bond donors (Lipinski definition) is 0. The van der Waals surface area contributed by atoms with E-state index in [1.165, 1.54) is 25.5 Å². The first kappa shape index (κ1) is 21.4. The van der Waals surface area contributed by atoms with Crippen LogP contribution in [0.5, 0.6) is 5.75 Å². The second kappa shape index (κ2) is 14.1. The number of aryl methyl sites for hydroxylation is 1. The summed E-state index contributed by atoms with van der Waals surface area (Å²) in [4.78, 5) is 11.6. The number of unbranched alkanes of at least 4 members (excludes halogenated alkanes) is 1. The van der Waals surface area contributed by atoms with Gasteiger partial charge in [0.25, 0.3) is 0 Å². The minimum absolute atomic E-state index is 0.0993. The average molecular weight is 324 g/mol. The summed E-state index contributed by atoms with van der Waals surface area (Å²) >= 11 is 0. The summed E-state index contributed by atoms with van der Waals surface area (Å²) in [5.41, 5.74) is 1.29. The Hall–Kier alpha value is -1.55. The maximum atomic E-state index is 11.6. The first-order chi connectivity index (χ1) is 11.2. The van der Waals surface area contributed by atoms with E-state index in [4.69, 9.17) is 14.2 Å². The monoisotopic (exact) mass is 324 g/mol. The molecule has 0 saturated heterocycles. The van der Waals surface area contributed by atoms with Crippen molar-refractivity contribution in [2.24, 2.45) is 0 Å². The first-order valence-electron chi connectivity index (χ1n) is 8.63. The van der Waals surface area contributed by atoms with Crippen molar-refractivity contribution in [2.45, 2.75) is 66.1 Å². The van der Waals surface area contributed by atoms with Gasteiger partial charge in [0.15, 0.2) is 6.61 Å². The average Bonchev–Trinajstić information content (AvgIpc) is 2.60. The molecule has 0 aliphatic heterocycles. The van der Waals surface area contributed by atoms with E-state index < -0.39 is 12.3 Å². The predicted molar refractivity (Wildman–Crippen MR) is 93.7 cm³/mol. The van der Waals surface area contributed by atoms with Crippen molar-refractivity contribution in [3.63, 3.8) is 0 Å². The molecule has 0 bridgehead atoms. The highest BCUT2D eigenvalue weighted by Crippen LogP contribution is 2.14. The molecule has 0 fully saturated rings. The van der Waals surface area contributed by atoms with Gasteiger partial charge in [-0.2, -0.15) is 0 Å². The van der Waals surface area contributed by atoms with E-state index in [9.17, 15) is 4.79 Å². The molecule has 1 aromatic carbocycles. The van der Waals surface area contributed by atoms with Gasteiger partial charge in [-0.3, -0.25) is 0 Å². The van der Waals surface area contributed by atoms with Crippen molar-refractivity contribution < 1.29 is 19.0 Å². The molecule has 0 radical (unpaired) electrons. The predicted octanol–water partition coefficient (Wildman–Crippen LogP) is 4.75. The van der Waals surface area contributed by atoms with Gasteiger partial charge in [0.05, 0.1) is 0 Å². The van der Waals surface area contributed by atoms with Gasteiger partial charge < -0.3 is 14.2 Å². The highest BCUT2D eigenvalue weighted by Gasteiger charge is 2.13. The number of hydrogen-bond acceptors (Lipinski definition) is 4. The number of ether oxygens (including phenoxy) is 3. The van der Waals surface area contributed by atoms with Crippen molar-refractivity contribution >= 4 is 5.97 Å². The third kappa shape index (κ3) is 9.95. The molecule has 0 amide bonds. The van der Waals surface area contributed by atoms with Crippen LogP contribution < -0.4 is 4.74 Å². The van der Waals surface area contributed by atoms with E-state index in [2.05, 4.69) is 6.92 Å². The molecular weight excluding hydrogens is 292 g/mol. The molecule has 132 valence electrons. The van der Waals surface area contributed by atoms with Gasteiger partial charge in [-0.05, 0) is 30.5 Å². The van der Waals surface area contributed by atoms with Crippen molar-refractivity contribution in [1.29, 1.82) is 0 Å². The van der Waals surface area contributed by atoms with Crippen LogP contribution in [0.4, 0.5) is 0 Å². The smallest absolute Gasteiger partial charge is 0.346 e. The van der Waals surface area contributed by atoms with Gasteiger partial charge >= 0.3 is 5.97 Å². The molecule has 4 heteroatoms. The van der Waals surface area contributed by atoms with E-state index in [1.54, 1.807) is 0 Å². The molecule has 0 aromatic heterocycles. The lowest BCUT2D eigenvalue weighted by Gasteiger charge is -2.15. The Kier molecular flexibility index (Phi) is 13.1. The number of esters is 1. The van der Waals surface area contributed by atoms with Crippen LogP contribution in [0.2, 0.25) is 0 Å². The quantitative estimate of drug-likeness (QED) is 0.460. The third-order valence-electron chi connectivity index (χ3n) is 3.15. The molecule has 1 rings (SSSR count). The summed E-state index contributed by atoms with van der Waals surface area (Å²) in [6.07, 6.45) is 4.54. The van der Waals surface area contributed by atoms with Crippen LogP contribution >= 0.6 is 0 Å². The number of rotatable bonds is 10. The SMILES string of the molecule is CC.CCCCc1ccc(OCC(=O)OC(CCC)OC)cc1. The highest BCUT2D eigenvalue weighted by molar-refractivity contribution is 5.71. The summed E-state index contributed by atoms with van der Waals surface area (Å²) in [6, 6.07) is 7.84. The number of methoxy groups -OCH3 is 1. The van der Waals surface area contributed by atoms with Crippen LogP contribution in [0.1, 0.15) is 58.9 Å². The Labute approximate surface area is 141 Å². The molecule has 4 nitrogen and oxygen atoms in total. The molecule has 1 unspecified atom stereocenters. The van der Waals surface area contributed by atoms with E-state index in [0.29, 0.717) is 12.2 Å². The van der Waals surface area contributed by atoms with Crippen LogP contribution in [0.15, 0.2) is 24.3 Å². The molecular formula is C19H32O4. The summed E-state index contributed by atoms with van der Waals surface area (Å²) in [5.74, 6) is 0.266. The Morgan fingerprint density at radius 1 is 1.09 bits per heavy atom. The number of carbonyl (C=O) groups excluding carboxylic acids is 1. The summed E-state index contributed by atoms with van der Waals surface area (Å²) in [6.45, 7) is 8.09. The molecule has 0 aliphatic rings. The van der Waals surface area contributed by atoms with Gasteiger partial charge in [-0.15, -0.1) is 0 Å². The Bertz CT molecular complexity index is 400. The van der Waals surface area contributed by atoms with Crippen molar-refractivity contribution in [3.8, 4) is 5.75 Å². The molecule has 0 spiro atoms. The molecule has 1 atom stereocenters. The zero-order valence-corrected chi connectivity index (χ0v) is 15.3. The standard InChI is InChI=1S/C17H26O4.C2H6/c1-4-6-8-14-9-11-15(12-10-14)20-13-16(18)21-17(19-3)7-5-2;1-2/h9-12,17H,4-8,13H2,1-3H3;1-2H3. The van der Waals surface area contributed by atoms with Gasteiger partial charge in [-0.25, -0.2) is 4.79 Å². The topological polar surface area (TPSA) is 44.8 Å². The maximum absolute atomic E-state index is 11.6. The van der Waals surface area contributed by atoms with Crippen molar-refractivity contribution in [1.82, 2.24) is 0 Å². The number of carbonyl (C=O) groups is 1. The second-order valence-corrected chi connectivity index (χ2v) is 4.98. The molecule has 23 heavy (non-hydrogen) atoms. The Balaban J connectivity index is 0.00000232. The molecule has 1 aromatic rings. The molecule has 0 heterocycles. The van der Waals surface area contributed by atoms with Gasteiger partial charge in [0, 0.05) is 13.5 Å². The van der Waals surface area contributed by atoms with E-state index in [0.717, 1.165) is 12.8 Å². The minimum Gasteiger partial charge on any atom is -0.482 e. The normalized spacial score (nSPS) is 11.2. The van der Waals surface area contributed by atoms with Crippen molar-refractivity contribution in [3.05, 3.63) is 29.8 Å². The van der Waals surface area contributed by atoms with Gasteiger partial charge in [0.1, 0.15) is 5.75 Å². The van der Waals surface area contributed by atoms with Crippen LogP contribution in [0.25, 0.3) is 0 Å². The summed E-state index contributed by atoms with van der Waals surface area (Å²) in [5, 5.41) is 0. The lowest BCUT2D eigenvalue weighted by molar-refractivity contribution is -0.176. The molecule has 0 saturated carbocycles. The largest absolute Gasteiger partial charge is 0.482 e. The van der Waals surface area contributed by atoms with Crippen LogP contribution in [0, 0.1) is 0 Å². The Morgan fingerprint density at radius 2 is 1.74 bits per heavy atom. The van der Waals surface area contributed by atoms with E-state index in [1.807, 2.05) is 45.0 Å². The summed E-state index contributed by atoms with van der Waals surface area (Å²) in [7, 11) is 1.53. The third-order valence-corrected chi connectivity index (χ3v) is 3.15. The first-order valence-corrected chi connectivity index (χ1v) is 8.63. The lowest BCUT2D eigenvalue weighted by Crippen LogP contribution is -2.24. The molecule has 0 N–H and O–H groups in total. The Morgan fingerprint density at radius 3 is 2.26 bits per heavy atom. The highest BCUT2D eigenvalue weighted by atomic mass is 16.7. The van der Waals surface area contributed by atoms with E-state index >= 15 is 0 Å². The van der Waals surface area contributed by atoms with Crippen molar-refractivity contribution in [2.75, 3.05) is 13.7 Å². The second-order valence-electron chi connectivity index (χ2n) is 4.98. The number of benzene rings is 1. The van der Waals surface area contributed by atoms with Crippen LogP contribution in [-0.2, 0) is 20.7 Å². The fourth-order valence-corrected chi connectivity index (χ4v) is 1.92. The maximum Gasteiger partial charge on any atom is 0.346 e. The molecule has 0 aliphatic carbocycles. The van der Waals surface area contributed by atoms with Crippen LogP contribution in [0.3, 0.4) is 0 Å². The fourth-order valence-electron chi connectivity index (χ4n) is 1.92. The zero-order valence-electron chi connectivity index (χ0n) is 15.3. The van der Waals surface area contributed by atoms with Gasteiger partial charge in [0.2, 0.25) is 6.29 Å². The summed E-state index contributed by atoms with van der Waals surface area (Å²) < 4.78 is 15.6. The fraction of sp³-hybridized carbons (Fsp3) is 0.632. The van der Waals surface area contributed by atoms with Crippen LogP contribution in [-0.4, -0.2) is 26.0 Å². The minimum atomic E-state index is -0.484. The van der Waals surface area contributed by atoms with E-state index in [-0.39, 0.29) is 6.61 Å². The zero-order chi connectivity index (χ0) is 17.5. The lowest BCUT2D eigenvalue weighted by atomic mass is 10.1.